The van der Waals surface area contributed by atoms with Crippen LogP contribution >= 0.6 is 0 Å². The van der Waals surface area contributed by atoms with Gasteiger partial charge in [0.15, 0.2) is 0 Å². The molecule has 0 fully saturated rings. The van der Waals surface area contributed by atoms with Crippen LogP contribution in [0.5, 0.6) is 5.75 Å². The van der Waals surface area contributed by atoms with Gasteiger partial charge in [-0.05, 0) is 54.8 Å². The average molecular weight is 460 g/mol. The van der Waals surface area contributed by atoms with Crippen LogP contribution in [-0.4, -0.2) is 24.3 Å². The van der Waals surface area contributed by atoms with Crippen molar-refractivity contribution >= 4 is 23.4 Å². The third kappa shape index (κ3) is 7.48. The van der Waals surface area contributed by atoms with Gasteiger partial charge in [0.25, 0.3) is 5.91 Å². The number of para-hydroxylation sites is 1. The highest BCUT2D eigenvalue weighted by Gasteiger charge is 2.14. The molecule has 3 N–H and O–H groups in total. The number of amides is 3. The number of anilines is 1. The van der Waals surface area contributed by atoms with Crippen molar-refractivity contribution in [3.63, 3.8) is 0 Å². The fourth-order valence-electron chi connectivity index (χ4n) is 3.23. The second kappa shape index (κ2) is 12.2. The van der Waals surface area contributed by atoms with Crippen LogP contribution in [0.15, 0.2) is 72.8 Å². The maximum absolute atomic E-state index is 12.6. The van der Waals surface area contributed by atoms with Crippen molar-refractivity contribution in [2.75, 3.05) is 11.9 Å². The Morgan fingerprint density at radius 1 is 0.765 bits per heavy atom. The first-order valence-corrected chi connectivity index (χ1v) is 11.1. The summed E-state index contributed by atoms with van der Waals surface area (Å²) in [5, 5.41) is 2.77. The molecule has 0 heterocycles. The van der Waals surface area contributed by atoms with Gasteiger partial charge in [-0.25, -0.2) is 0 Å². The highest BCUT2D eigenvalue weighted by atomic mass is 16.5. The number of aryl methyl sites for hydroxylation is 2. The second-order valence-corrected chi connectivity index (χ2v) is 7.93. The van der Waals surface area contributed by atoms with Crippen LogP contribution in [0.4, 0.5) is 5.69 Å². The molecule has 0 aliphatic heterocycles. The van der Waals surface area contributed by atoms with Gasteiger partial charge in [0.2, 0.25) is 11.8 Å². The Morgan fingerprint density at radius 2 is 1.47 bits per heavy atom. The normalized spacial score (nSPS) is 10.3. The van der Waals surface area contributed by atoms with Crippen molar-refractivity contribution in [1.82, 2.24) is 10.9 Å². The van der Waals surface area contributed by atoms with Gasteiger partial charge in [-0.3, -0.25) is 25.2 Å². The molecule has 0 aliphatic carbocycles. The third-order valence-electron chi connectivity index (χ3n) is 5.31. The largest absolute Gasteiger partial charge is 0.492 e. The number of carbonyl (C=O) groups excluding carboxylic acids is 3. The number of hydrazine groups is 1. The quantitative estimate of drug-likeness (QED) is 0.420. The summed E-state index contributed by atoms with van der Waals surface area (Å²) in [6, 6.07) is 22.4. The Kier molecular flexibility index (Phi) is 8.80. The van der Waals surface area contributed by atoms with Gasteiger partial charge < -0.3 is 10.1 Å². The number of ether oxygens (including phenoxy) is 1. The summed E-state index contributed by atoms with van der Waals surface area (Å²) in [5.41, 5.74) is 9.08. The molecule has 0 radical (unpaired) electrons. The van der Waals surface area contributed by atoms with Crippen LogP contribution in [-0.2, 0) is 16.0 Å². The first-order valence-electron chi connectivity index (χ1n) is 11.1. The van der Waals surface area contributed by atoms with Gasteiger partial charge in [0.1, 0.15) is 5.75 Å². The summed E-state index contributed by atoms with van der Waals surface area (Å²) < 4.78 is 5.79. The second-order valence-electron chi connectivity index (χ2n) is 7.93. The van der Waals surface area contributed by atoms with E-state index >= 15 is 0 Å². The fraction of sp³-hybridized carbons (Fsp3) is 0.222. The monoisotopic (exact) mass is 459 g/mol. The molecule has 3 rings (SSSR count). The van der Waals surface area contributed by atoms with Crippen LogP contribution in [0.1, 0.15) is 39.9 Å². The third-order valence-corrected chi connectivity index (χ3v) is 5.31. The van der Waals surface area contributed by atoms with E-state index in [4.69, 9.17) is 4.74 Å². The number of benzene rings is 3. The van der Waals surface area contributed by atoms with Crippen LogP contribution in [0.2, 0.25) is 0 Å². The lowest BCUT2D eigenvalue weighted by Gasteiger charge is -2.12. The standard InChI is InChI=1S/C27H29N3O4/c1-19-12-13-22(18-20(19)2)28-25(31)14-15-26(32)29-30-27(33)23-10-6-7-11-24(23)34-17-16-21-8-4-3-5-9-21/h3-13,18H,14-17H2,1-2H3,(H,28,31)(H,29,32)(H,30,33). The summed E-state index contributed by atoms with van der Waals surface area (Å²) >= 11 is 0. The molecule has 7 heteroatoms. The highest BCUT2D eigenvalue weighted by Crippen LogP contribution is 2.18. The zero-order valence-electron chi connectivity index (χ0n) is 19.4. The Labute approximate surface area is 199 Å². The van der Waals surface area contributed by atoms with E-state index in [9.17, 15) is 14.4 Å². The van der Waals surface area contributed by atoms with Crippen molar-refractivity contribution in [2.45, 2.75) is 33.1 Å². The molecule has 0 aliphatic rings. The number of hydrogen-bond donors (Lipinski definition) is 3. The molecule has 0 bridgehead atoms. The van der Waals surface area contributed by atoms with Crippen LogP contribution in [0, 0.1) is 13.8 Å². The topological polar surface area (TPSA) is 96.5 Å². The van der Waals surface area contributed by atoms with E-state index in [2.05, 4.69) is 16.2 Å². The predicted molar refractivity (Wildman–Crippen MR) is 131 cm³/mol. The average Bonchev–Trinajstić information content (AvgIpc) is 2.84. The summed E-state index contributed by atoms with van der Waals surface area (Å²) in [4.78, 5) is 36.8. The minimum absolute atomic E-state index is 0.00614. The van der Waals surface area contributed by atoms with Gasteiger partial charge in [-0.1, -0.05) is 48.5 Å². The van der Waals surface area contributed by atoms with Crippen molar-refractivity contribution < 1.29 is 19.1 Å². The first-order chi connectivity index (χ1) is 16.4. The van der Waals surface area contributed by atoms with E-state index in [1.54, 1.807) is 24.3 Å². The van der Waals surface area contributed by atoms with E-state index in [1.807, 2.05) is 62.4 Å². The Hall–Kier alpha value is -4.13. The Bertz CT molecular complexity index is 1150. The predicted octanol–water partition coefficient (Wildman–Crippen LogP) is 4.10. The fourth-order valence-corrected chi connectivity index (χ4v) is 3.23. The number of carbonyl (C=O) groups is 3. The minimum atomic E-state index is -0.497. The SMILES string of the molecule is Cc1ccc(NC(=O)CCC(=O)NNC(=O)c2ccccc2OCCc2ccccc2)cc1C. The Balaban J connectivity index is 1.43. The lowest BCUT2D eigenvalue weighted by Crippen LogP contribution is -2.42. The number of rotatable bonds is 9. The van der Waals surface area contributed by atoms with E-state index in [1.165, 1.54) is 0 Å². The molecule has 0 aromatic heterocycles. The van der Waals surface area contributed by atoms with E-state index in [0.717, 1.165) is 16.7 Å². The zero-order chi connectivity index (χ0) is 24.3. The molecule has 0 spiro atoms. The van der Waals surface area contributed by atoms with Crippen molar-refractivity contribution in [3.8, 4) is 5.75 Å². The number of hydrogen-bond acceptors (Lipinski definition) is 4. The molecule has 3 amide bonds. The lowest BCUT2D eigenvalue weighted by atomic mass is 10.1. The minimum Gasteiger partial charge on any atom is -0.492 e. The van der Waals surface area contributed by atoms with E-state index < -0.39 is 11.8 Å². The van der Waals surface area contributed by atoms with Crippen molar-refractivity contribution in [2.24, 2.45) is 0 Å². The summed E-state index contributed by atoms with van der Waals surface area (Å²) in [5.74, 6) is -0.811. The van der Waals surface area contributed by atoms with Crippen LogP contribution in [0.25, 0.3) is 0 Å². The van der Waals surface area contributed by atoms with Crippen LogP contribution < -0.4 is 20.9 Å². The summed E-state index contributed by atoms with van der Waals surface area (Å²) in [6.07, 6.45) is 0.637. The molecule has 176 valence electrons. The molecule has 7 nitrogen and oxygen atoms in total. The molecule has 0 unspecified atom stereocenters. The molecular formula is C27H29N3O4. The summed E-state index contributed by atoms with van der Waals surface area (Å²) in [7, 11) is 0. The first kappa shape index (κ1) is 24.5. The van der Waals surface area contributed by atoms with Crippen LogP contribution in [0.3, 0.4) is 0 Å². The maximum Gasteiger partial charge on any atom is 0.273 e. The van der Waals surface area contributed by atoms with E-state index in [-0.39, 0.29) is 18.7 Å². The molecule has 0 saturated heterocycles. The summed E-state index contributed by atoms with van der Waals surface area (Å²) in [6.45, 7) is 4.37. The molecule has 3 aromatic carbocycles. The van der Waals surface area contributed by atoms with E-state index in [0.29, 0.717) is 30.0 Å². The lowest BCUT2D eigenvalue weighted by molar-refractivity contribution is -0.124. The molecule has 0 saturated carbocycles. The van der Waals surface area contributed by atoms with Crippen molar-refractivity contribution in [3.05, 3.63) is 95.1 Å². The van der Waals surface area contributed by atoms with Gasteiger partial charge in [0.05, 0.1) is 12.2 Å². The zero-order valence-corrected chi connectivity index (χ0v) is 19.4. The maximum atomic E-state index is 12.6. The number of nitrogens with one attached hydrogen (secondary N) is 3. The van der Waals surface area contributed by atoms with Gasteiger partial charge in [-0.2, -0.15) is 0 Å². The smallest absolute Gasteiger partial charge is 0.273 e. The molecule has 0 atom stereocenters. The van der Waals surface area contributed by atoms with Gasteiger partial charge in [0, 0.05) is 24.9 Å². The molecular weight excluding hydrogens is 430 g/mol. The van der Waals surface area contributed by atoms with Crippen molar-refractivity contribution in [1.29, 1.82) is 0 Å². The highest BCUT2D eigenvalue weighted by molar-refractivity contribution is 5.98. The van der Waals surface area contributed by atoms with Gasteiger partial charge >= 0.3 is 0 Å². The van der Waals surface area contributed by atoms with Gasteiger partial charge in [-0.15, -0.1) is 0 Å². The Morgan fingerprint density at radius 3 is 2.24 bits per heavy atom. The molecule has 3 aromatic rings. The molecule has 34 heavy (non-hydrogen) atoms.